The van der Waals surface area contributed by atoms with Crippen molar-refractivity contribution in [3.63, 3.8) is 0 Å². The van der Waals surface area contributed by atoms with E-state index >= 15 is 0 Å². The second kappa shape index (κ2) is 7.26. The highest BCUT2D eigenvalue weighted by Crippen LogP contribution is 2.32. The first kappa shape index (κ1) is 17.5. The van der Waals surface area contributed by atoms with Gasteiger partial charge in [0.15, 0.2) is 16.0 Å². The summed E-state index contributed by atoms with van der Waals surface area (Å²) in [5.41, 5.74) is 1.44. The van der Waals surface area contributed by atoms with Gasteiger partial charge in [0.2, 0.25) is 0 Å². The third kappa shape index (κ3) is 3.84. The van der Waals surface area contributed by atoms with E-state index in [1.807, 2.05) is 13.0 Å². The van der Waals surface area contributed by atoms with Crippen molar-refractivity contribution < 1.29 is 9.72 Å². The molecule has 0 aliphatic rings. The molecule has 0 aliphatic heterocycles. The molecule has 0 bridgehead atoms. The van der Waals surface area contributed by atoms with E-state index in [4.69, 9.17) is 0 Å². The molecule has 2 aromatic heterocycles. The van der Waals surface area contributed by atoms with E-state index in [2.05, 4.69) is 9.97 Å². The third-order valence-electron chi connectivity index (χ3n) is 3.24. The molecule has 7 nitrogen and oxygen atoms in total. The number of carbonyl (C=O) groups is 1. The van der Waals surface area contributed by atoms with Crippen LogP contribution >= 0.6 is 34.4 Å². The van der Waals surface area contributed by atoms with Crippen LogP contribution in [-0.4, -0.2) is 26.4 Å². The lowest BCUT2D eigenvalue weighted by Gasteiger charge is -2.03. The lowest BCUT2D eigenvalue weighted by atomic mass is 10.1. The second-order valence-electron chi connectivity index (χ2n) is 5.03. The van der Waals surface area contributed by atoms with Crippen LogP contribution in [0.1, 0.15) is 16.6 Å². The standard InChI is InChI=1S/C15H10N4O3S3/c1-8-6-23-14(17-8)10(5-16)12(20)7-24-15-18-11-3-2-9(19(21)22)4-13(11)25-15/h2-4,6,10H,7H2,1H3. The molecular weight excluding hydrogens is 380 g/mol. The van der Waals surface area contributed by atoms with Gasteiger partial charge in [-0.15, -0.1) is 22.7 Å². The van der Waals surface area contributed by atoms with E-state index in [0.29, 0.717) is 19.6 Å². The Morgan fingerprint density at radius 1 is 1.48 bits per heavy atom. The first-order chi connectivity index (χ1) is 12.0. The highest BCUT2D eigenvalue weighted by molar-refractivity contribution is 8.01. The molecule has 0 saturated carbocycles. The predicted octanol–water partition coefficient (Wildman–Crippen LogP) is 3.94. The van der Waals surface area contributed by atoms with Gasteiger partial charge in [0.25, 0.3) is 5.69 Å². The van der Waals surface area contributed by atoms with Gasteiger partial charge in [-0.25, -0.2) is 9.97 Å². The van der Waals surface area contributed by atoms with Gasteiger partial charge in [-0.05, 0) is 13.0 Å². The number of hydrogen-bond donors (Lipinski definition) is 0. The van der Waals surface area contributed by atoms with Gasteiger partial charge < -0.3 is 0 Å². The van der Waals surface area contributed by atoms with Gasteiger partial charge in [0.05, 0.1) is 27.0 Å². The first-order valence-electron chi connectivity index (χ1n) is 7.00. The number of ketones is 1. The fourth-order valence-electron chi connectivity index (χ4n) is 2.05. The van der Waals surface area contributed by atoms with Crippen molar-refractivity contribution in [2.45, 2.75) is 17.2 Å². The van der Waals surface area contributed by atoms with Crippen LogP contribution in [0.4, 0.5) is 5.69 Å². The van der Waals surface area contributed by atoms with Crippen LogP contribution in [0.3, 0.4) is 0 Å². The van der Waals surface area contributed by atoms with Crippen LogP contribution in [0.5, 0.6) is 0 Å². The predicted molar refractivity (Wildman–Crippen MR) is 97.2 cm³/mol. The summed E-state index contributed by atoms with van der Waals surface area (Å²) in [5.74, 6) is -1.01. The highest BCUT2D eigenvalue weighted by Gasteiger charge is 2.23. The van der Waals surface area contributed by atoms with E-state index in [9.17, 15) is 20.2 Å². The minimum absolute atomic E-state index is 0.00691. The molecule has 0 spiro atoms. The highest BCUT2D eigenvalue weighted by atomic mass is 32.2. The molecule has 25 heavy (non-hydrogen) atoms. The van der Waals surface area contributed by atoms with Gasteiger partial charge in [0.1, 0.15) is 5.01 Å². The van der Waals surface area contributed by atoms with Crippen LogP contribution in [0.15, 0.2) is 27.9 Å². The summed E-state index contributed by atoms with van der Waals surface area (Å²) in [6, 6.07) is 6.47. The largest absolute Gasteiger partial charge is 0.297 e. The van der Waals surface area contributed by atoms with Gasteiger partial charge >= 0.3 is 0 Å². The molecule has 0 saturated heterocycles. The number of rotatable bonds is 6. The van der Waals surface area contributed by atoms with E-state index in [1.165, 1.54) is 46.6 Å². The summed E-state index contributed by atoms with van der Waals surface area (Å²) in [6.07, 6.45) is 0. The van der Waals surface area contributed by atoms with Crippen molar-refractivity contribution in [2.24, 2.45) is 0 Å². The molecule has 0 fully saturated rings. The first-order valence-corrected chi connectivity index (χ1v) is 9.68. The van der Waals surface area contributed by atoms with Crippen molar-refractivity contribution >= 4 is 56.1 Å². The Balaban J connectivity index is 1.72. The average Bonchev–Trinajstić information content (AvgIpc) is 3.18. The van der Waals surface area contributed by atoms with Gasteiger partial charge in [-0.3, -0.25) is 14.9 Å². The van der Waals surface area contributed by atoms with E-state index in [-0.39, 0.29) is 17.2 Å². The number of nitro benzene ring substituents is 1. The Hall–Kier alpha value is -2.35. The van der Waals surface area contributed by atoms with Gasteiger partial charge in [-0.1, -0.05) is 11.8 Å². The average molecular weight is 390 g/mol. The topological polar surface area (TPSA) is 110 Å². The molecule has 1 aromatic carbocycles. The number of carbonyl (C=O) groups excluding carboxylic acids is 1. The number of fused-ring (bicyclic) bond motifs is 1. The molecule has 3 aromatic rings. The van der Waals surface area contributed by atoms with Crippen LogP contribution in [-0.2, 0) is 4.79 Å². The summed E-state index contributed by atoms with van der Waals surface area (Å²) in [6.45, 7) is 1.81. The Morgan fingerprint density at radius 2 is 2.28 bits per heavy atom. The van der Waals surface area contributed by atoms with Crippen LogP contribution < -0.4 is 0 Å². The van der Waals surface area contributed by atoms with Crippen molar-refractivity contribution in [3.05, 3.63) is 44.4 Å². The maximum absolute atomic E-state index is 12.3. The Bertz CT molecular complexity index is 1010. The van der Waals surface area contributed by atoms with E-state index in [0.717, 1.165) is 5.69 Å². The van der Waals surface area contributed by atoms with Crippen molar-refractivity contribution in [1.82, 2.24) is 9.97 Å². The molecule has 126 valence electrons. The number of aryl methyl sites for hydroxylation is 1. The monoisotopic (exact) mass is 390 g/mol. The number of non-ortho nitro benzene ring substituents is 1. The van der Waals surface area contributed by atoms with Gasteiger partial charge in [-0.2, -0.15) is 5.26 Å². The SMILES string of the molecule is Cc1csc(C(C#N)C(=O)CSc2nc3ccc([N+](=O)[O-])cc3s2)n1. The Kier molecular flexibility index (Phi) is 5.08. The molecule has 1 atom stereocenters. The number of benzene rings is 1. The molecule has 0 N–H and O–H groups in total. The molecule has 10 heteroatoms. The minimum Gasteiger partial charge on any atom is -0.297 e. The summed E-state index contributed by atoms with van der Waals surface area (Å²) in [4.78, 5) is 31.3. The molecule has 1 unspecified atom stereocenters. The molecule has 3 rings (SSSR count). The number of thiazole rings is 2. The number of aromatic nitrogens is 2. The molecular formula is C15H10N4O3S3. The smallest absolute Gasteiger partial charge is 0.270 e. The van der Waals surface area contributed by atoms with E-state index in [1.54, 1.807) is 11.4 Å². The number of hydrogen-bond acceptors (Lipinski definition) is 9. The number of nitriles is 1. The van der Waals surface area contributed by atoms with Crippen molar-refractivity contribution in [2.75, 3.05) is 5.75 Å². The van der Waals surface area contributed by atoms with E-state index < -0.39 is 10.8 Å². The van der Waals surface area contributed by atoms with Crippen LogP contribution in [0.2, 0.25) is 0 Å². The molecule has 0 amide bonds. The zero-order valence-corrected chi connectivity index (χ0v) is 15.3. The number of Topliss-reactive ketones (excluding diaryl/α,β-unsaturated/α-hetero) is 1. The fourth-order valence-corrected chi connectivity index (χ4v) is 4.92. The lowest BCUT2D eigenvalue weighted by molar-refractivity contribution is -0.384. The van der Waals surface area contributed by atoms with Gasteiger partial charge in [0, 0.05) is 23.2 Å². The summed E-state index contributed by atoms with van der Waals surface area (Å²) < 4.78 is 1.33. The molecule has 0 aliphatic carbocycles. The number of nitrogens with zero attached hydrogens (tertiary/aromatic N) is 4. The maximum Gasteiger partial charge on any atom is 0.270 e. The van der Waals surface area contributed by atoms with Crippen molar-refractivity contribution in [1.29, 1.82) is 5.26 Å². The quantitative estimate of drug-likeness (QED) is 0.356. The van der Waals surface area contributed by atoms with Crippen LogP contribution in [0, 0.1) is 28.4 Å². The molecule has 0 radical (unpaired) electrons. The number of nitro groups is 1. The zero-order chi connectivity index (χ0) is 18.0. The molecule has 2 heterocycles. The zero-order valence-electron chi connectivity index (χ0n) is 12.8. The number of thioether (sulfide) groups is 1. The second-order valence-corrected chi connectivity index (χ2v) is 8.18. The fraction of sp³-hybridized carbons (Fsp3) is 0.200. The summed E-state index contributed by atoms with van der Waals surface area (Å²) in [5, 5.41) is 22.4. The maximum atomic E-state index is 12.3. The van der Waals surface area contributed by atoms with Crippen molar-refractivity contribution in [3.8, 4) is 6.07 Å². The van der Waals surface area contributed by atoms with Crippen LogP contribution in [0.25, 0.3) is 10.2 Å². The lowest BCUT2D eigenvalue weighted by Crippen LogP contribution is -2.13. The Morgan fingerprint density at radius 3 is 2.92 bits per heavy atom. The third-order valence-corrected chi connectivity index (χ3v) is 6.45. The Labute approximate surface area is 154 Å². The minimum atomic E-state index is -0.873. The normalized spacial score (nSPS) is 12.0. The summed E-state index contributed by atoms with van der Waals surface area (Å²) >= 11 is 3.82. The summed E-state index contributed by atoms with van der Waals surface area (Å²) in [7, 11) is 0.